The van der Waals surface area contributed by atoms with Crippen molar-refractivity contribution in [2.75, 3.05) is 0 Å². The molecule has 0 unspecified atom stereocenters. The summed E-state index contributed by atoms with van der Waals surface area (Å²) in [6.45, 7) is 2.12. The van der Waals surface area contributed by atoms with Crippen LogP contribution in [0.4, 0.5) is 0 Å². The Morgan fingerprint density at radius 3 is 2.55 bits per heavy atom. The minimum atomic E-state index is 1.10. The van der Waals surface area contributed by atoms with Gasteiger partial charge in [-0.1, -0.05) is 54.6 Å². The number of thiazole rings is 1. The molecule has 4 rings (SSSR count). The van der Waals surface area contributed by atoms with Crippen molar-refractivity contribution >= 4 is 32.3 Å². The van der Waals surface area contributed by atoms with Crippen molar-refractivity contribution in [3.63, 3.8) is 0 Å². The van der Waals surface area contributed by atoms with E-state index in [9.17, 15) is 0 Å². The average Bonchev–Trinajstić information content (AvgIpc) is 2.92. The molecule has 2 heteroatoms. The second-order valence-electron chi connectivity index (χ2n) is 4.97. The third kappa shape index (κ3) is 1.73. The number of para-hydroxylation sites is 1. The average molecular weight is 275 g/mol. The van der Waals surface area contributed by atoms with Crippen LogP contribution >= 0.6 is 11.3 Å². The van der Waals surface area contributed by atoms with Gasteiger partial charge in [-0.25, -0.2) is 4.98 Å². The monoisotopic (exact) mass is 275 g/mol. The number of hydrogen-bond donors (Lipinski definition) is 0. The maximum Gasteiger partial charge on any atom is 0.125 e. The SMILES string of the molecule is Cc1cccc2sc(-c3cccc4ccccc34)nc12. The Balaban J connectivity index is 2.04. The molecule has 1 nitrogen and oxygen atoms in total. The predicted octanol–water partition coefficient (Wildman–Crippen LogP) is 5.42. The van der Waals surface area contributed by atoms with E-state index < -0.39 is 0 Å². The molecule has 0 radical (unpaired) electrons. The second-order valence-corrected chi connectivity index (χ2v) is 6.00. The molecular weight excluding hydrogens is 262 g/mol. The van der Waals surface area contributed by atoms with Gasteiger partial charge >= 0.3 is 0 Å². The summed E-state index contributed by atoms with van der Waals surface area (Å²) in [4.78, 5) is 4.85. The molecule has 96 valence electrons. The Morgan fingerprint density at radius 2 is 1.65 bits per heavy atom. The molecule has 0 saturated carbocycles. The zero-order chi connectivity index (χ0) is 13.5. The lowest BCUT2D eigenvalue weighted by Gasteiger charge is -2.02. The summed E-state index contributed by atoms with van der Waals surface area (Å²) in [5, 5.41) is 3.64. The fraction of sp³-hybridized carbons (Fsp3) is 0.0556. The highest BCUT2D eigenvalue weighted by molar-refractivity contribution is 7.21. The lowest BCUT2D eigenvalue weighted by molar-refractivity contribution is 1.42. The fourth-order valence-electron chi connectivity index (χ4n) is 2.61. The molecule has 1 aromatic heterocycles. The van der Waals surface area contributed by atoms with Crippen molar-refractivity contribution in [2.24, 2.45) is 0 Å². The Hall–Kier alpha value is -2.19. The van der Waals surface area contributed by atoms with Gasteiger partial charge < -0.3 is 0 Å². The molecule has 0 fully saturated rings. The number of hydrogen-bond acceptors (Lipinski definition) is 2. The molecule has 0 bridgehead atoms. The van der Waals surface area contributed by atoms with E-state index in [1.54, 1.807) is 11.3 Å². The Labute approximate surface area is 121 Å². The summed E-state index contributed by atoms with van der Waals surface area (Å²) in [6, 6.07) is 21.3. The fourth-order valence-corrected chi connectivity index (χ4v) is 3.70. The van der Waals surface area contributed by atoms with Crippen LogP contribution in [0.5, 0.6) is 0 Å². The number of nitrogens with zero attached hydrogens (tertiary/aromatic N) is 1. The highest BCUT2D eigenvalue weighted by Gasteiger charge is 2.10. The molecule has 0 N–H and O–H groups in total. The summed E-state index contributed by atoms with van der Waals surface area (Å²) < 4.78 is 1.26. The largest absolute Gasteiger partial charge is 0.236 e. The standard InChI is InChI=1S/C18H13NS/c1-12-6-4-11-16-17(12)19-18(20-16)15-10-5-8-13-7-2-3-9-14(13)15/h2-11H,1H3. The lowest BCUT2D eigenvalue weighted by atomic mass is 10.1. The molecule has 0 saturated heterocycles. The maximum absolute atomic E-state index is 4.85. The van der Waals surface area contributed by atoms with Gasteiger partial charge in [0.25, 0.3) is 0 Å². The van der Waals surface area contributed by atoms with Gasteiger partial charge in [0.15, 0.2) is 0 Å². The molecule has 4 aromatic rings. The third-order valence-electron chi connectivity index (χ3n) is 3.64. The van der Waals surface area contributed by atoms with Gasteiger partial charge in [-0.15, -0.1) is 11.3 Å². The van der Waals surface area contributed by atoms with E-state index in [1.807, 2.05) is 0 Å². The van der Waals surface area contributed by atoms with Crippen molar-refractivity contribution in [1.29, 1.82) is 0 Å². The van der Waals surface area contributed by atoms with Crippen molar-refractivity contribution in [3.8, 4) is 10.6 Å². The quantitative estimate of drug-likeness (QED) is 0.451. The first-order chi connectivity index (χ1) is 9.83. The van der Waals surface area contributed by atoms with E-state index >= 15 is 0 Å². The van der Waals surface area contributed by atoms with E-state index in [2.05, 4.69) is 67.6 Å². The van der Waals surface area contributed by atoms with Gasteiger partial charge in [0.1, 0.15) is 5.01 Å². The molecule has 1 heterocycles. The Morgan fingerprint density at radius 1 is 0.850 bits per heavy atom. The lowest BCUT2D eigenvalue weighted by Crippen LogP contribution is -1.80. The number of aromatic nitrogens is 1. The minimum Gasteiger partial charge on any atom is -0.236 e. The first-order valence-electron chi connectivity index (χ1n) is 6.67. The summed E-state index contributed by atoms with van der Waals surface area (Å²) in [5.74, 6) is 0. The van der Waals surface area contributed by atoms with Crippen LogP contribution in [-0.2, 0) is 0 Å². The number of benzene rings is 3. The highest BCUT2D eigenvalue weighted by Crippen LogP contribution is 2.35. The molecule has 0 aliphatic heterocycles. The summed E-state index contributed by atoms with van der Waals surface area (Å²) in [5.41, 5.74) is 3.59. The van der Waals surface area contributed by atoms with Crippen molar-refractivity contribution in [1.82, 2.24) is 4.98 Å². The van der Waals surface area contributed by atoms with E-state index in [4.69, 9.17) is 4.98 Å². The third-order valence-corrected chi connectivity index (χ3v) is 4.69. The molecular formula is C18H13NS. The van der Waals surface area contributed by atoms with E-state index in [1.165, 1.54) is 26.6 Å². The molecule has 0 aliphatic carbocycles. The van der Waals surface area contributed by atoms with Crippen LogP contribution in [0.1, 0.15) is 5.56 Å². The van der Waals surface area contributed by atoms with Crippen molar-refractivity contribution in [3.05, 3.63) is 66.2 Å². The maximum atomic E-state index is 4.85. The van der Waals surface area contributed by atoms with Gasteiger partial charge in [-0.2, -0.15) is 0 Å². The number of rotatable bonds is 1. The predicted molar refractivity (Wildman–Crippen MR) is 87.3 cm³/mol. The molecule has 20 heavy (non-hydrogen) atoms. The molecule has 0 spiro atoms. The van der Waals surface area contributed by atoms with E-state index in [0.29, 0.717) is 0 Å². The van der Waals surface area contributed by atoms with E-state index in [0.717, 1.165) is 10.5 Å². The molecule has 3 aromatic carbocycles. The molecule has 0 amide bonds. The summed E-state index contributed by atoms with van der Waals surface area (Å²) in [6.07, 6.45) is 0. The zero-order valence-corrected chi connectivity index (χ0v) is 11.9. The first-order valence-corrected chi connectivity index (χ1v) is 7.49. The normalized spacial score (nSPS) is 11.2. The topological polar surface area (TPSA) is 12.9 Å². The number of fused-ring (bicyclic) bond motifs is 2. The van der Waals surface area contributed by atoms with Gasteiger partial charge in [0.2, 0.25) is 0 Å². The summed E-state index contributed by atoms with van der Waals surface area (Å²) in [7, 11) is 0. The Kier molecular flexibility index (Phi) is 2.57. The van der Waals surface area contributed by atoms with E-state index in [-0.39, 0.29) is 0 Å². The minimum absolute atomic E-state index is 1.10. The van der Waals surface area contributed by atoms with Crippen LogP contribution in [0, 0.1) is 6.92 Å². The van der Waals surface area contributed by atoms with Crippen LogP contribution in [0.2, 0.25) is 0 Å². The highest BCUT2D eigenvalue weighted by atomic mass is 32.1. The Bertz CT molecular complexity index is 916. The summed E-state index contributed by atoms with van der Waals surface area (Å²) >= 11 is 1.77. The van der Waals surface area contributed by atoms with Gasteiger partial charge in [0, 0.05) is 5.56 Å². The van der Waals surface area contributed by atoms with Gasteiger partial charge in [0.05, 0.1) is 10.2 Å². The van der Waals surface area contributed by atoms with Gasteiger partial charge in [-0.05, 0) is 29.3 Å². The van der Waals surface area contributed by atoms with Gasteiger partial charge in [-0.3, -0.25) is 0 Å². The molecule has 0 atom stereocenters. The smallest absolute Gasteiger partial charge is 0.125 e. The van der Waals surface area contributed by atoms with Crippen LogP contribution in [-0.4, -0.2) is 4.98 Å². The van der Waals surface area contributed by atoms with Crippen molar-refractivity contribution < 1.29 is 0 Å². The van der Waals surface area contributed by atoms with Crippen LogP contribution in [0.3, 0.4) is 0 Å². The van der Waals surface area contributed by atoms with Crippen LogP contribution in [0.25, 0.3) is 31.6 Å². The second kappa shape index (κ2) is 4.43. The zero-order valence-electron chi connectivity index (χ0n) is 11.1. The van der Waals surface area contributed by atoms with Crippen LogP contribution < -0.4 is 0 Å². The van der Waals surface area contributed by atoms with Crippen LogP contribution in [0.15, 0.2) is 60.7 Å². The first kappa shape index (κ1) is 11.6. The van der Waals surface area contributed by atoms with Crippen molar-refractivity contribution in [2.45, 2.75) is 6.92 Å². The number of aryl methyl sites for hydroxylation is 1. The molecule has 0 aliphatic rings.